The normalized spacial score (nSPS) is 14.1. The highest BCUT2D eigenvalue weighted by molar-refractivity contribution is 7.11. The Morgan fingerprint density at radius 1 is 0.857 bits per heavy atom. The predicted molar refractivity (Wildman–Crippen MR) is 113 cm³/mol. The van der Waals surface area contributed by atoms with Gasteiger partial charge in [-0.2, -0.15) is 0 Å². The number of nitrogens with zero attached hydrogens (tertiary/aromatic N) is 1. The monoisotopic (exact) mass is 388 g/mol. The maximum atomic E-state index is 13.2. The average Bonchev–Trinajstić information content (AvgIpc) is 3.28. The molecule has 0 fully saturated rings. The van der Waals surface area contributed by atoms with Crippen molar-refractivity contribution in [3.8, 4) is 0 Å². The molecule has 0 atom stereocenters. The van der Waals surface area contributed by atoms with Gasteiger partial charge in [-0.1, -0.05) is 53.6 Å². The van der Waals surface area contributed by atoms with E-state index in [4.69, 9.17) is 0 Å². The van der Waals surface area contributed by atoms with Gasteiger partial charge in [-0.15, -0.1) is 11.3 Å². The van der Waals surface area contributed by atoms with Crippen molar-refractivity contribution < 1.29 is 9.59 Å². The van der Waals surface area contributed by atoms with Crippen LogP contribution in [-0.4, -0.2) is 16.7 Å². The molecule has 4 nitrogen and oxygen atoms in total. The summed E-state index contributed by atoms with van der Waals surface area (Å²) in [5.41, 5.74) is 4.76. The van der Waals surface area contributed by atoms with E-state index in [1.165, 1.54) is 16.2 Å². The summed E-state index contributed by atoms with van der Waals surface area (Å²) in [6.07, 6.45) is 0. The van der Waals surface area contributed by atoms with Crippen molar-refractivity contribution in [1.29, 1.82) is 0 Å². The topological polar surface area (TPSA) is 49.4 Å². The fraction of sp³-hybridized carbons (Fsp3) is 0.130. The van der Waals surface area contributed by atoms with Crippen LogP contribution in [-0.2, 0) is 16.1 Å². The fourth-order valence-electron chi connectivity index (χ4n) is 3.14. The minimum atomic E-state index is -0.297. The van der Waals surface area contributed by atoms with Crippen LogP contribution in [0.4, 0.5) is 5.69 Å². The Labute approximate surface area is 168 Å². The van der Waals surface area contributed by atoms with Gasteiger partial charge >= 0.3 is 0 Å². The Morgan fingerprint density at radius 2 is 1.50 bits per heavy atom. The van der Waals surface area contributed by atoms with Gasteiger partial charge in [0.05, 0.1) is 12.1 Å². The summed E-state index contributed by atoms with van der Waals surface area (Å²) in [5, 5.41) is 5.09. The fourth-order valence-corrected chi connectivity index (χ4v) is 3.91. The van der Waals surface area contributed by atoms with Crippen LogP contribution in [0.2, 0.25) is 0 Å². The Balaban J connectivity index is 1.69. The molecule has 0 saturated heterocycles. The molecule has 1 N–H and O–H groups in total. The molecule has 0 unspecified atom stereocenters. The predicted octanol–water partition coefficient (Wildman–Crippen LogP) is 4.76. The van der Waals surface area contributed by atoms with Gasteiger partial charge in [0, 0.05) is 10.6 Å². The quantitative estimate of drug-likeness (QED) is 0.641. The van der Waals surface area contributed by atoms with Crippen LogP contribution < -0.4 is 5.32 Å². The van der Waals surface area contributed by atoms with Gasteiger partial charge < -0.3 is 5.32 Å². The lowest BCUT2D eigenvalue weighted by Gasteiger charge is -2.15. The number of benzene rings is 2. The first kappa shape index (κ1) is 18.2. The molecule has 4 rings (SSSR count). The molecule has 1 aromatic heterocycles. The van der Waals surface area contributed by atoms with Crippen molar-refractivity contribution in [2.75, 3.05) is 5.32 Å². The van der Waals surface area contributed by atoms with Crippen LogP contribution in [0.5, 0.6) is 0 Å². The average molecular weight is 388 g/mol. The number of hydrogen-bond donors (Lipinski definition) is 1. The summed E-state index contributed by atoms with van der Waals surface area (Å²) >= 11 is 1.46. The van der Waals surface area contributed by atoms with E-state index in [1.54, 1.807) is 0 Å². The standard InChI is InChI=1S/C23H20N2O2S/c1-15-5-9-17(10-6-15)14-25-22(26)20(19-4-3-13-28-19)21(23(25)27)24-18-11-7-16(2)8-12-18/h3-13,24H,14H2,1-2H3. The van der Waals surface area contributed by atoms with Crippen LogP contribution in [0.1, 0.15) is 21.6 Å². The molecule has 5 heteroatoms. The van der Waals surface area contributed by atoms with E-state index in [0.717, 1.165) is 27.3 Å². The molecule has 1 aliphatic rings. The second kappa shape index (κ2) is 7.44. The smallest absolute Gasteiger partial charge is 0.278 e. The lowest BCUT2D eigenvalue weighted by atomic mass is 10.1. The zero-order valence-electron chi connectivity index (χ0n) is 15.7. The largest absolute Gasteiger partial charge is 0.350 e. The van der Waals surface area contributed by atoms with E-state index in [1.807, 2.05) is 79.9 Å². The van der Waals surface area contributed by atoms with E-state index in [9.17, 15) is 9.59 Å². The van der Waals surface area contributed by atoms with Crippen molar-refractivity contribution in [2.45, 2.75) is 20.4 Å². The molecular weight excluding hydrogens is 368 g/mol. The first-order chi connectivity index (χ1) is 13.5. The van der Waals surface area contributed by atoms with Gasteiger partial charge in [0.2, 0.25) is 0 Å². The highest BCUT2D eigenvalue weighted by Crippen LogP contribution is 2.33. The molecule has 28 heavy (non-hydrogen) atoms. The van der Waals surface area contributed by atoms with Crippen LogP contribution >= 0.6 is 11.3 Å². The highest BCUT2D eigenvalue weighted by Gasteiger charge is 2.39. The number of aryl methyl sites for hydroxylation is 2. The van der Waals surface area contributed by atoms with Gasteiger partial charge in [-0.05, 0) is 43.0 Å². The molecule has 140 valence electrons. The summed E-state index contributed by atoms with van der Waals surface area (Å²) in [6, 6.07) is 19.4. The number of rotatable bonds is 5. The summed E-state index contributed by atoms with van der Waals surface area (Å²) in [5.74, 6) is -0.558. The van der Waals surface area contributed by atoms with Gasteiger partial charge in [-0.3, -0.25) is 14.5 Å². The number of carbonyl (C=O) groups is 2. The number of thiophene rings is 1. The van der Waals surface area contributed by atoms with Crippen molar-refractivity contribution >= 4 is 34.4 Å². The second-order valence-electron chi connectivity index (χ2n) is 6.90. The number of carbonyl (C=O) groups excluding carboxylic acids is 2. The van der Waals surface area contributed by atoms with Gasteiger partial charge in [-0.25, -0.2) is 0 Å². The van der Waals surface area contributed by atoms with Gasteiger partial charge in [0.25, 0.3) is 11.8 Å². The zero-order valence-corrected chi connectivity index (χ0v) is 16.5. The maximum Gasteiger partial charge on any atom is 0.278 e. The van der Waals surface area contributed by atoms with Crippen LogP contribution in [0.15, 0.2) is 71.7 Å². The van der Waals surface area contributed by atoms with Crippen molar-refractivity contribution in [2.24, 2.45) is 0 Å². The Kier molecular flexibility index (Phi) is 4.84. The molecular formula is C23H20N2O2S. The third kappa shape index (κ3) is 3.49. The van der Waals surface area contributed by atoms with E-state index < -0.39 is 0 Å². The molecule has 0 bridgehead atoms. The molecule has 0 saturated carbocycles. The minimum Gasteiger partial charge on any atom is -0.350 e. The Morgan fingerprint density at radius 3 is 2.11 bits per heavy atom. The van der Waals surface area contributed by atoms with Crippen LogP contribution in [0, 0.1) is 13.8 Å². The maximum absolute atomic E-state index is 13.2. The van der Waals surface area contributed by atoms with E-state index >= 15 is 0 Å². The summed E-state index contributed by atoms with van der Waals surface area (Å²) in [6.45, 7) is 4.27. The Hall–Kier alpha value is -3.18. The number of imide groups is 1. The summed E-state index contributed by atoms with van der Waals surface area (Å²) < 4.78 is 0. The van der Waals surface area contributed by atoms with E-state index in [0.29, 0.717) is 11.3 Å². The van der Waals surface area contributed by atoms with Gasteiger partial charge in [0.15, 0.2) is 0 Å². The lowest BCUT2D eigenvalue weighted by molar-refractivity contribution is -0.137. The minimum absolute atomic E-state index is 0.256. The molecule has 0 aliphatic carbocycles. The highest BCUT2D eigenvalue weighted by atomic mass is 32.1. The van der Waals surface area contributed by atoms with E-state index in [-0.39, 0.29) is 18.4 Å². The molecule has 2 amide bonds. The third-order valence-corrected chi connectivity index (χ3v) is 5.61. The SMILES string of the molecule is Cc1ccc(CN2C(=O)C(Nc3ccc(C)cc3)=C(c3cccs3)C2=O)cc1. The zero-order chi connectivity index (χ0) is 19.7. The Bertz CT molecular complexity index is 1050. The van der Waals surface area contributed by atoms with Gasteiger partial charge in [0.1, 0.15) is 5.70 Å². The molecule has 2 heterocycles. The molecule has 3 aromatic rings. The first-order valence-electron chi connectivity index (χ1n) is 9.06. The second-order valence-corrected chi connectivity index (χ2v) is 7.85. The third-order valence-electron chi connectivity index (χ3n) is 4.72. The molecule has 1 aliphatic heterocycles. The van der Waals surface area contributed by atoms with Crippen LogP contribution in [0.25, 0.3) is 5.57 Å². The first-order valence-corrected chi connectivity index (χ1v) is 9.94. The molecule has 0 spiro atoms. The number of amides is 2. The molecule has 2 aromatic carbocycles. The molecule has 0 radical (unpaired) electrons. The van der Waals surface area contributed by atoms with Crippen molar-refractivity contribution in [3.63, 3.8) is 0 Å². The number of nitrogens with one attached hydrogen (secondary N) is 1. The summed E-state index contributed by atoms with van der Waals surface area (Å²) in [4.78, 5) is 28.4. The lowest BCUT2D eigenvalue weighted by Crippen LogP contribution is -2.31. The van der Waals surface area contributed by atoms with Crippen molar-refractivity contribution in [3.05, 3.63) is 93.3 Å². The van der Waals surface area contributed by atoms with E-state index in [2.05, 4.69) is 5.32 Å². The number of hydrogen-bond acceptors (Lipinski definition) is 4. The summed E-state index contributed by atoms with van der Waals surface area (Å²) in [7, 11) is 0. The van der Waals surface area contributed by atoms with Crippen molar-refractivity contribution in [1.82, 2.24) is 4.90 Å². The number of anilines is 1. The van der Waals surface area contributed by atoms with Crippen LogP contribution in [0.3, 0.4) is 0 Å².